The average Bonchev–Trinajstić information content (AvgIpc) is 2.27. The van der Waals surface area contributed by atoms with Crippen LogP contribution in [-0.4, -0.2) is 12.6 Å². The molecule has 96 valence electrons. The highest BCUT2D eigenvalue weighted by molar-refractivity contribution is 5.87. The molecule has 0 aliphatic rings. The van der Waals surface area contributed by atoms with Gasteiger partial charge in [0.05, 0.1) is 0 Å². The van der Waals surface area contributed by atoms with Crippen LogP contribution in [0, 0.1) is 0 Å². The van der Waals surface area contributed by atoms with Crippen LogP contribution in [0.5, 0.6) is 0 Å². The molecule has 0 rings (SSSR count). The zero-order valence-corrected chi connectivity index (χ0v) is 11.7. The lowest BCUT2D eigenvalue weighted by Gasteiger charge is -2.03. The Morgan fingerprint density at radius 1 is 1.12 bits per heavy atom. The molecule has 0 unspecified atom stereocenters. The molecule has 0 aromatic rings. The molecule has 0 aliphatic heterocycles. The number of hydrogen-bond acceptors (Lipinski definition) is 2. The van der Waals surface area contributed by atoms with E-state index in [1.54, 1.807) is 13.0 Å². The largest absolute Gasteiger partial charge is 0.458 e. The summed E-state index contributed by atoms with van der Waals surface area (Å²) < 4.78 is 5.09. The Morgan fingerprint density at radius 3 is 2.29 bits per heavy atom. The third-order valence-electron chi connectivity index (χ3n) is 2.49. The Hall–Kier alpha value is -1.31. The van der Waals surface area contributed by atoms with E-state index in [2.05, 4.69) is 26.8 Å². The number of carbonyl (C=O) groups excluding carboxylic acids is 1. The van der Waals surface area contributed by atoms with Gasteiger partial charge < -0.3 is 4.74 Å². The van der Waals surface area contributed by atoms with E-state index in [0.29, 0.717) is 12.2 Å². The fourth-order valence-corrected chi connectivity index (χ4v) is 1.18. The molecule has 0 saturated carbocycles. The van der Waals surface area contributed by atoms with E-state index in [0.717, 1.165) is 12.8 Å². The van der Waals surface area contributed by atoms with Gasteiger partial charge >= 0.3 is 5.97 Å². The highest BCUT2D eigenvalue weighted by Gasteiger charge is 2.02. The van der Waals surface area contributed by atoms with Gasteiger partial charge in [-0.15, -0.1) is 0 Å². The topological polar surface area (TPSA) is 26.3 Å². The first-order valence-electron chi connectivity index (χ1n) is 6.06. The molecular weight excluding hydrogens is 212 g/mol. The van der Waals surface area contributed by atoms with Crippen molar-refractivity contribution in [3.05, 3.63) is 34.9 Å². The molecule has 0 bridgehead atoms. The van der Waals surface area contributed by atoms with Gasteiger partial charge in [0.1, 0.15) is 6.61 Å². The summed E-state index contributed by atoms with van der Waals surface area (Å²) in [5.74, 6) is -0.235. The van der Waals surface area contributed by atoms with Gasteiger partial charge in [-0.05, 0) is 53.5 Å². The summed E-state index contributed by atoms with van der Waals surface area (Å²) in [6.07, 6.45) is 8.01. The average molecular weight is 236 g/mol. The van der Waals surface area contributed by atoms with Crippen LogP contribution in [0.3, 0.4) is 0 Å². The van der Waals surface area contributed by atoms with Gasteiger partial charge in [0.25, 0.3) is 0 Å². The molecule has 0 spiro atoms. The van der Waals surface area contributed by atoms with Crippen LogP contribution in [-0.2, 0) is 9.53 Å². The second-order valence-corrected chi connectivity index (χ2v) is 4.44. The van der Waals surface area contributed by atoms with Crippen LogP contribution in [0.4, 0.5) is 0 Å². The van der Waals surface area contributed by atoms with E-state index in [4.69, 9.17) is 4.74 Å². The SMILES string of the molecule is C/C=C(\C)C(=O)OC/C=C(\C)CCC=C(C)C. The Labute approximate surface area is 105 Å². The summed E-state index contributed by atoms with van der Waals surface area (Å²) in [6.45, 7) is 10.2. The first-order chi connectivity index (χ1) is 7.97. The lowest BCUT2D eigenvalue weighted by molar-refractivity contribution is -0.137. The maximum absolute atomic E-state index is 11.3. The highest BCUT2D eigenvalue weighted by Crippen LogP contribution is 2.06. The van der Waals surface area contributed by atoms with Crippen LogP contribution in [0.15, 0.2) is 34.9 Å². The third-order valence-corrected chi connectivity index (χ3v) is 2.49. The minimum atomic E-state index is -0.235. The number of rotatable bonds is 6. The predicted octanol–water partition coefficient (Wildman–Crippen LogP) is 4.19. The first-order valence-corrected chi connectivity index (χ1v) is 6.06. The fraction of sp³-hybridized carbons (Fsp3) is 0.533. The van der Waals surface area contributed by atoms with Gasteiger partial charge in [0.2, 0.25) is 0 Å². The number of esters is 1. The smallest absolute Gasteiger partial charge is 0.333 e. The maximum Gasteiger partial charge on any atom is 0.333 e. The Morgan fingerprint density at radius 2 is 1.76 bits per heavy atom. The minimum Gasteiger partial charge on any atom is -0.458 e. The van der Waals surface area contributed by atoms with Gasteiger partial charge in [0, 0.05) is 5.57 Å². The van der Waals surface area contributed by atoms with Crippen LogP contribution in [0.1, 0.15) is 47.5 Å². The number of carbonyl (C=O) groups is 1. The molecule has 0 aromatic heterocycles. The standard InChI is InChI=1S/C15H24O2/c1-6-14(5)15(16)17-11-10-13(4)9-7-8-12(2)3/h6,8,10H,7,9,11H2,1-5H3/b13-10+,14-6+. The van der Waals surface area contributed by atoms with Crippen molar-refractivity contribution in [3.8, 4) is 0 Å². The zero-order valence-electron chi connectivity index (χ0n) is 11.7. The molecule has 0 atom stereocenters. The summed E-state index contributed by atoms with van der Waals surface area (Å²) in [7, 11) is 0. The fourth-order valence-electron chi connectivity index (χ4n) is 1.18. The van der Waals surface area contributed by atoms with E-state index in [9.17, 15) is 4.79 Å². The molecule has 17 heavy (non-hydrogen) atoms. The van der Waals surface area contributed by atoms with Crippen molar-refractivity contribution in [2.75, 3.05) is 6.61 Å². The van der Waals surface area contributed by atoms with Gasteiger partial charge in [-0.2, -0.15) is 0 Å². The van der Waals surface area contributed by atoms with Crippen molar-refractivity contribution in [2.45, 2.75) is 47.5 Å². The Bertz CT molecular complexity index is 329. The van der Waals surface area contributed by atoms with Gasteiger partial charge in [-0.3, -0.25) is 0 Å². The van der Waals surface area contributed by atoms with Crippen LogP contribution < -0.4 is 0 Å². The molecule has 2 heteroatoms. The first kappa shape index (κ1) is 15.7. The second-order valence-electron chi connectivity index (χ2n) is 4.44. The van der Waals surface area contributed by atoms with Gasteiger partial charge in [-0.1, -0.05) is 23.3 Å². The molecule has 0 heterocycles. The molecule has 0 saturated heterocycles. The Kier molecular flexibility index (Phi) is 8.12. The van der Waals surface area contributed by atoms with Crippen molar-refractivity contribution in [1.82, 2.24) is 0 Å². The summed E-state index contributed by atoms with van der Waals surface area (Å²) in [6, 6.07) is 0. The molecule has 0 aliphatic carbocycles. The number of allylic oxidation sites excluding steroid dienone is 4. The predicted molar refractivity (Wildman–Crippen MR) is 72.8 cm³/mol. The van der Waals surface area contributed by atoms with Crippen molar-refractivity contribution >= 4 is 5.97 Å². The van der Waals surface area contributed by atoms with E-state index in [-0.39, 0.29) is 5.97 Å². The van der Waals surface area contributed by atoms with E-state index < -0.39 is 0 Å². The van der Waals surface area contributed by atoms with Crippen molar-refractivity contribution in [1.29, 1.82) is 0 Å². The normalized spacial score (nSPS) is 12.3. The molecule has 0 N–H and O–H groups in total. The molecule has 0 amide bonds. The van der Waals surface area contributed by atoms with E-state index in [1.807, 2.05) is 13.0 Å². The zero-order chi connectivity index (χ0) is 13.3. The lowest BCUT2D eigenvalue weighted by atomic mass is 10.1. The van der Waals surface area contributed by atoms with Crippen LogP contribution in [0.25, 0.3) is 0 Å². The summed E-state index contributed by atoms with van der Waals surface area (Å²) in [4.78, 5) is 11.3. The highest BCUT2D eigenvalue weighted by atomic mass is 16.5. The molecule has 0 radical (unpaired) electrons. The minimum absolute atomic E-state index is 0.235. The van der Waals surface area contributed by atoms with Crippen molar-refractivity contribution < 1.29 is 9.53 Å². The maximum atomic E-state index is 11.3. The van der Waals surface area contributed by atoms with E-state index in [1.165, 1.54) is 11.1 Å². The number of hydrogen-bond donors (Lipinski definition) is 0. The van der Waals surface area contributed by atoms with Crippen molar-refractivity contribution in [2.24, 2.45) is 0 Å². The summed E-state index contributed by atoms with van der Waals surface area (Å²) in [5.41, 5.74) is 3.25. The molecular formula is C15H24O2. The quantitative estimate of drug-likeness (QED) is 0.393. The molecule has 0 aromatic carbocycles. The van der Waals surface area contributed by atoms with Gasteiger partial charge in [0.15, 0.2) is 0 Å². The Balaban J connectivity index is 3.92. The monoisotopic (exact) mass is 236 g/mol. The molecule has 0 fully saturated rings. The van der Waals surface area contributed by atoms with Crippen LogP contribution >= 0.6 is 0 Å². The lowest BCUT2D eigenvalue weighted by Crippen LogP contribution is -2.05. The van der Waals surface area contributed by atoms with Crippen molar-refractivity contribution in [3.63, 3.8) is 0 Å². The van der Waals surface area contributed by atoms with E-state index >= 15 is 0 Å². The summed E-state index contributed by atoms with van der Waals surface area (Å²) in [5, 5.41) is 0. The summed E-state index contributed by atoms with van der Waals surface area (Å²) >= 11 is 0. The van der Waals surface area contributed by atoms with Crippen LogP contribution in [0.2, 0.25) is 0 Å². The molecule has 2 nitrogen and oxygen atoms in total. The van der Waals surface area contributed by atoms with Gasteiger partial charge in [-0.25, -0.2) is 4.79 Å². The number of ether oxygens (including phenoxy) is 1. The second kappa shape index (κ2) is 8.80. The third kappa shape index (κ3) is 8.49.